The van der Waals surface area contributed by atoms with Crippen molar-refractivity contribution in [3.05, 3.63) is 29.8 Å². The van der Waals surface area contributed by atoms with Gasteiger partial charge in [0.2, 0.25) is 0 Å². The Morgan fingerprint density at radius 2 is 2.18 bits per heavy atom. The molecule has 0 heterocycles. The lowest BCUT2D eigenvalue weighted by Gasteiger charge is -2.20. The zero-order valence-corrected chi connectivity index (χ0v) is 11.3. The van der Waals surface area contributed by atoms with E-state index >= 15 is 0 Å². The average Bonchev–Trinajstić information content (AvgIpc) is 2.99. The molecule has 1 aromatic carbocycles. The van der Waals surface area contributed by atoms with E-state index in [1.54, 1.807) is 7.11 Å². The van der Waals surface area contributed by atoms with Crippen LogP contribution in [0.15, 0.2) is 24.3 Å². The quantitative estimate of drug-likeness (QED) is 0.844. The fraction of sp³-hybridized carbons (Fsp3) is 0.600. The zero-order chi connectivity index (χ0) is 12.5. The molecule has 2 rings (SSSR count). The van der Waals surface area contributed by atoms with Crippen LogP contribution >= 0.6 is 0 Å². The van der Waals surface area contributed by atoms with Gasteiger partial charge in [-0.15, -0.1) is 0 Å². The van der Waals surface area contributed by atoms with Crippen molar-refractivity contribution in [3.63, 3.8) is 0 Å². The van der Waals surface area contributed by atoms with Crippen LogP contribution in [0.2, 0.25) is 0 Å². The molecule has 1 N–H and O–H groups in total. The smallest absolute Gasteiger partial charge is 0.119 e. The first kappa shape index (κ1) is 12.4. The van der Waals surface area contributed by atoms with Crippen LogP contribution in [0.25, 0.3) is 0 Å². The number of ether oxygens (including phenoxy) is 1. The summed E-state index contributed by atoms with van der Waals surface area (Å²) in [6, 6.07) is 9.07. The number of hydrogen-bond donors (Lipinski definition) is 1. The third-order valence-corrected chi connectivity index (χ3v) is 3.92. The SMILES string of the molecule is COc1cccc(C2(CNC(C)C)CC2C)c1. The van der Waals surface area contributed by atoms with Gasteiger partial charge in [-0.1, -0.05) is 32.9 Å². The van der Waals surface area contributed by atoms with Crippen LogP contribution in [-0.2, 0) is 5.41 Å². The minimum absolute atomic E-state index is 0.332. The van der Waals surface area contributed by atoms with Crippen LogP contribution in [0, 0.1) is 5.92 Å². The van der Waals surface area contributed by atoms with E-state index in [0.29, 0.717) is 11.5 Å². The number of hydrogen-bond acceptors (Lipinski definition) is 2. The van der Waals surface area contributed by atoms with Crippen molar-refractivity contribution in [2.75, 3.05) is 13.7 Å². The van der Waals surface area contributed by atoms with E-state index in [1.165, 1.54) is 12.0 Å². The van der Waals surface area contributed by atoms with Gasteiger partial charge in [0.05, 0.1) is 7.11 Å². The molecular formula is C15H23NO. The second-order valence-corrected chi connectivity index (χ2v) is 5.53. The molecule has 1 aliphatic carbocycles. The van der Waals surface area contributed by atoms with Crippen molar-refractivity contribution >= 4 is 0 Å². The van der Waals surface area contributed by atoms with E-state index in [-0.39, 0.29) is 0 Å². The van der Waals surface area contributed by atoms with Gasteiger partial charge >= 0.3 is 0 Å². The van der Waals surface area contributed by atoms with Gasteiger partial charge < -0.3 is 10.1 Å². The van der Waals surface area contributed by atoms with Crippen LogP contribution in [0.3, 0.4) is 0 Å². The van der Waals surface area contributed by atoms with Crippen LogP contribution in [0.5, 0.6) is 5.75 Å². The molecule has 17 heavy (non-hydrogen) atoms. The summed E-state index contributed by atoms with van der Waals surface area (Å²) in [5, 5.41) is 3.57. The van der Waals surface area contributed by atoms with Crippen molar-refractivity contribution in [1.82, 2.24) is 5.32 Å². The van der Waals surface area contributed by atoms with Crippen molar-refractivity contribution < 1.29 is 4.74 Å². The number of methoxy groups -OCH3 is 1. The lowest BCUT2D eigenvalue weighted by atomic mass is 9.93. The lowest BCUT2D eigenvalue weighted by Crippen LogP contribution is -2.33. The van der Waals surface area contributed by atoms with Crippen molar-refractivity contribution in [2.24, 2.45) is 5.92 Å². The average molecular weight is 233 g/mol. The van der Waals surface area contributed by atoms with E-state index < -0.39 is 0 Å². The summed E-state index contributed by atoms with van der Waals surface area (Å²) >= 11 is 0. The second kappa shape index (κ2) is 4.69. The van der Waals surface area contributed by atoms with Crippen LogP contribution in [0.4, 0.5) is 0 Å². The predicted octanol–water partition coefficient (Wildman–Crippen LogP) is 2.97. The molecule has 0 aromatic heterocycles. The molecule has 0 saturated heterocycles. The Morgan fingerprint density at radius 1 is 1.47 bits per heavy atom. The minimum atomic E-state index is 0.332. The fourth-order valence-corrected chi connectivity index (χ4v) is 2.56. The van der Waals surface area contributed by atoms with Crippen molar-refractivity contribution in [3.8, 4) is 5.75 Å². The maximum absolute atomic E-state index is 5.32. The first-order chi connectivity index (χ1) is 8.08. The molecule has 94 valence electrons. The number of nitrogens with one attached hydrogen (secondary N) is 1. The Hall–Kier alpha value is -1.02. The molecule has 1 saturated carbocycles. The molecule has 1 aromatic rings. The topological polar surface area (TPSA) is 21.3 Å². The molecule has 1 aliphatic rings. The molecule has 2 nitrogen and oxygen atoms in total. The summed E-state index contributed by atoms with van der Waals surface area (Å²) in [7, 11) is 1.73. The molecule has 2 unspecified atom stereocenters. The molecule has 0 bridgehead atoms. The van der Waals surface area contributed by atoms with E-state index in [9.17, 15) is 0 Å². The third kappa shape index (κ3) is 2.47. The molecule has 0 aliphatic heterocycles. The maximum atomic E-state index is 5.32. The third-order valence-electron chi connectivity index (χ3n) is 3.92. The Kier molecular flexibility index (Phi) is 3.43. The summed E-state index contributed by atoms with van der Waals surface area (Å²) < 4.78 is 5.32. The molecule has 2 heteroatoms. The van der Waals surface area contributed by atoms with Gasteiger partial charge in [0.15, 0.2) is 0 Å². The zero-order valence-electron chi connectivity index (χ0n) is 11.3. The highest BCUT2D eigenvalue weighted by Gasteiger charge is 2.51. The van der Waals surface area contributed by atoms with Gasteiger partial charge in [0, 0.05) is 18.0 Å². The molecule has 2 atom stereocenters. The Morgan fingerprint density at radius 3 is 2.71 bits per heavy atom. The van der Waals surface area contributed by atoms with E-state index in [2.05, 4.69) is 44.3 Å². The van der Waals surface area contributed by atoms with Gasteiger partial charge in [-0.05, 0) is 30.0 Å². The van der Waals surface area contributed by atoms with E-state index in [0.717, 1.165) is 18.2 Å². The maximum Gasteiger partial charge on any atom is 0.119 e. The first-order valence-electron chi connectivity index (χ1n) is 6.46. The second-order valence-electron chi connectivity index (χ2n) is 5.53. The van der Waals surface area contributed by atoms with Gasteiger partial charge in [-0.3, -0.25) is 0 Å². The monoisotopic (exact) mass is 233 g/mol. The minimum Gasteiger partial charge on any atom is -0.497 e. The highest BCUT2D eigenvalue weighted by Crippen LogP contribution is 2.54. The summed E-state index contributed by atoms with van der Waals surface area (Å²) in [6.07, 6.45) is 1.28. The van der Waals surface area contributed by atoms with E-state index in [1.807, 2.05) is 6.07 Å². The van der Waals surface area contributed by atoms with Gasteiger partial charge in [0.1, 0.15) is 5.75 Å². The van der Waals surface area contributed by atoms with Crippen LogP contribution in [0.1, 0.15) is 32.8 Å². The lowest BCUT2D eigenvalue weighted by molar-refractivity contribution is 0.412. The highest BCUT2D eigenvalue weighted by molar-refractivity contribution is 5.39. The Labute approximate surface area is 104 Å². The molecule has 1 fully saturated rings. The molecule has 0 amide bonds. The normalized spacial score (nSPS) is 27.2. The first-order valence-corrected chi connectivity index (χ1v) is 6.46. The van der Waals surface area contributed by atoms with Gasteiger partial charge in [-0.2, -0.15) is 0 Å². The fourth-order valence-electron chi connectivity index (χ4n) is 2.56. The summed E-state index contributed by atoms with van der Waals surface area (Å²) in [5.41, 5.74) is 1.75. The standard InChI is InChI=1S/C15H23NO/c1-11(2)16-10-15(9-12(15)3)13-6-5-7-14(8-13)17-4/h5-8,11-12,16H,9-10H2,1-4H3. The van der Waals surface area contributed by atoms with Gasteiger partial charge in [0.25, 0.3) is 0 Å². The Bertz CT molecular complexity index is 388. The van der Waals surface area contributed by atoms with Crippen molar-refractivity contribution in [2.45, 2.75) is 38.6 Å². The summed E-state index contributed by atoms with van der Waals surface area (Å²) in [5.74, 6) is 1.73. The molecule has 0 radical (unpaired) electrons. The predicted molar refractivity (Wildman–Crippen MR) is 71.6 cm³/mol. The summed E-state index contributed by atoms with van der Waals surface area (Å²) in [6.45, 7) is 7.80. The Balaban J connectivity index is 2.17. The van der Waals surface area contributed by atoms with Crippen LogP contribution in [-0.4, -0.2) is 19.7 Å². The largest absolute Gasteiger partial charge is 0.497 e. The van der Waals surface area contributed by atoms with E-state index in [4.69, 9.17) is 4.74 Å². The number of rotatable bonds is 5. The highest BCUT2D eigenvalue weighted by atomic mass is 16.5. The van der Waals surface area contributed by atoms with Gasteiger partial charge in [-0.25, -0.2) is 0 Å². The molecular weight excluding hydrogens is 210 g/mol. The summed E-state index contributed by atoms with van der Waals surface area (Å²) in [4.78, 5) is 0. The van der Waals surface area contributed by atoms with Crippen molar-refractivity contribution in [1.29, 1.82) is 0 Å². The van der Waals surface area contributed by atoms with Crippen LogP contribution < -0.4 is 10.1 Å². The molecule has 0 spiro atoms. The number of benzene rings is 1.